The largest absolute Gasteiger partial charge is 4.00 e. The zero-order chi connectivity index (χ0) is 14.0. The molecule has 3 rings (SSSR count). The summed E-state index contributed by atoms with van der Waals surface area (Å²) < 4.78 is 0. The van der Waals surface area contributed by atoms with Crippen molar-refractivity contribution in [1.82, 2.24) is 0 Å². The summed E-state index contributed by atoms with van der Waals surface area (Å²) >= 11 is 0. The van der Waals surface area contributed by atoms with Gasteiger partial charge in [-0.1, -0.05) is 39.5 Å². The molecule has 0 amide bonds. The second-order valence-electron chi connectivity index (χ2n) is 6.43. The van der Waals surface area contributed by atoms with Crippen LogP contribution in [0.4, 0.5) is 0 Å². The van der Waals surface area contributed by atoms with Crippen molar-refractivity contribution in [2.24, 2.45) is 11.3 Å². The van der Waals surface area contributed by atoms with Gasteiger partial charge < -0.3 is 29.4 Å². The van der Waals surface area contributed by atoms with Crippen LogP contribution in [0.2, 0.25) is 0 Å². The molecule has 1 atom stereocenters. The summed E-state index contributed by atoms with van der Waals surface area (Å²) in [4.78, 5) is 0. The average Bonchev–Trinajstić information content (AvgIpc) is 2.90. The van der Waals surface area contributed by atoms with Gasteiger partial charge in [0.2, 0.25) is 0 Å². The van der Waals surface area contributed by atoms with Crippen LogP contribution >= 0.6 is 0 Å². The van der Waals surface area contributed by atoms with Crippen molar-refractivity contribution in [3.8, 4) is 0 Å². The number of hydrogen-bond donors (Lipinski definition) is 0. The molecule has 0 radical (unpaired) electrons. The number of fused-ring (bicyclic) bond motifs is 1. The molecule has 3 heteroatoms. The first-order valence-electron chi connectivity index (χ1n) is 7.42. The van der Waals surface area contributed by atoms with Crippen molar-refractivity contribution in [2.45, 2.75) is 53.9 Å². The number of allylic oxidation sites excluding steroid dienone is 8. The van der Waals surface area contributed by atoms with Crippen molar-refractivity contribution < 1.29 is 55.2 Å². The van der Waals surface area contributed by atoms with Crippen molar-refractivity contribution in [1.29, 1.82) is 0 Å². The molecule has 1 saturated carbocycles. The standard InChI is InChI=1S/C10H15.C9H11.BrH.ClH.Hf/c1-7-6-10(4,5)9(3)8(7)2;1-2-5-9-7-3-6-8(9)4-1;;;/h1-5H3;1-2,4,6,9H,3,5,7H2;2*1H;/q2*-1;;;+4/p-2. The third-order valence-corrected chi connectivity index (χ3v) is 4.77. The Morgan fingerprint density at radius 1 is 1.23 bits per heavy atom. The second kappa shape index (κ2) is 10.4. The molecule has 0 bridgehead atoms. The van der Waals surface area contributed by atoms with Gasteiger partial charge in [0.25, 0.3) is 0 Å². The SMILES string of the molecule is C1=CCC2CC[CH-]C2=C1.CC1=[C-]C(C)(C)C(C)=C1C.[Br-].[Cl-].[Hf+4]. The first-order chi connectivity index (χ1) is 8.92. The second-order valence-corrected chi connectivity index (χ2v) is 6.43. The van der Waals surface area contributed by atoms with Crippen LogP contribution in [-0.4, -0.2) is 0 Å². The molecule has 0 heterocycles. The van der Waals surface area contributed by atoms with E-state index in [0.717, 1.165) is 5.92 Å². The molecule has 0 nitrogen and oxygen atoms in total. The molecule has 0 aromatic carbocycles. The Labute approximate surface area is 172 Å². The van der Waals surface area contributed by atoms with Crippen molar-refractivity contribution in [2.75, 3.05) is 0 Å². The van der Waals surface area contributed by atoms with Crippen LogP contribution in [0.15, 0.2) is 40.5 Å². The molecule has 1 unspecified atom stereocenters. The first kappa shape index (κ1) is 24.7. The zero-order valence-electron chi connectivity index (χ0n) is 14.3. The molecule has 3 aliphatic rings. The van der Waals surface area contributed by atoms with Crippen LogP contribution in [0.5, 0.6) is 0 Å². The third kappa shape index (κ3) is 5.83. The van der Waals surface area contributed by atoms with Gasteiger partial charge >= 0.3 is 25.8 Å². The van der Waals surface area contributed by atoms with E-state index in [1.165, 1.54) is 36.0 Å². The summed E-state index contributed by atoms with van der Waals surface area (Å²) in [5.41, 5.74) is 5.98. The summed E-state index contributed by atoms with van der Waals surface area (Å²) in [6.07, 6.45) is 16.5. The van der Waals surface area contributed by atoms with E-state index in [1.807, 2.05) is 0 Å². The minimum Gasteiger partial charge on any atom is -1.00 e. The smallest absolute Gasteiger partial charge is 1.00 e. The van der Waals surface area contributed by atoms with Gasteiger partial charge in [0, 0.05) is 0 Å². The predicted molar refractivity (Wildman–Crippen MR) is 83.4 cm³/mol. The molecular weight excluding hydrogens is 522 g/mol. The fourth-order valence-electron chi connectivity index (χ4n) is 3.07. The average molecular weight is 548 g/mol. The third-order valence-electron chi connectivity index (χ3n) is 4.77. The number of hydrogen-bond acceptors (Lipinski definition) is 0. The molecule has 0 N–H and O–H groups in total. The molecule has 120 valence electrons. The van der Waals surface area contributed by atoms with Gasteiger partial charge in [0.1, 0.15) is 0 Å². The first-order valence-corrected chi connectivity index (χ1v) is 7.42. The minimum atomic E-state index is 0. The topological polar surface area (TPSA) is 0 Å². The molecule has 0 saturated heterocycles. The summed E-state index contributed by atoms with van der Waals surface area (Å²) in [6.45, 7) is 10.9. The van der Waals surface area contributed by atoms with Crippen LogP contribution in [0.3, 0.4) is 0 Å². The molecule has 22 heavy (non-hydrogen) atoms. The summed E-state index contributed by atoms with van der Waals surface area (Å²) in [7, 11) is 0. The molecule has 0 aromatic heterocycles. The molecular formula is C19H26BrClHf. The van der Waals surface area contributed by atoms with Crippen molar-refractivity contribution in [3.63, 3.8) is 0 Å². The zero-order valence-corrected chi connectivity index (χ0v) is 20.2. The Balaban J connectivity index is 0. The van der Waals surface area contributed by atoms with E-state index in [1.54, 1.807) is 5.57 Å². The van der Waals surface area contributed by atoms with Crippen LogP contribution in [0.1, 0.15) is 53.9 Å². The maximum atomic E-state index is 3.44. The quantitative estimate of drug-likeness (QED) is 0.286. The minimum absolute atomic E-state index is 0. The van der Waals surface area contributed by atoms with Crippen molar-refractivity contribution in [3.05, 3.63) is 53.0 Å². The molecule has 0 aliphatic heterocycles. The summed E-state index contributed by atoms with van der Waals surface area (Å²) in [5.74, 6) is 0.884. The van der Waals surface area contributed by atoms with Gasteiger partial charge in [0.15, 0.2) is 0 Å². The Morgan fingerprint density at radius 2 is 1.86 bits per heavy atom. The fourth-order valence-corrected chi connectivity index (χ4v) is 3.07. The van der Waals surface area contributed by atoms with Gasteiger partial charge in [-0.2, -0.15) is 11.1 Å². The van der Waals surface area contributed by atoms with E-state index in [4.69, 9.17) is 0 Å². The van der Waals surface area contributed by atoms with Gasteiger partial charge in [-0.25, -0.2) is 23.6 Å². The van der Waals surface area contributed by atoms with E-state index in [-0.39, 0.29) is 60.6 Å². The van der Waals surface area contributed by atoms with Crippen LogP contribution in [-0.2, 0) is 25.8 Å². The molecule has 3 aliphatic carbocycles. The summed E-state index contributed by atoms with van der Waals surface area (Å²) in [6, 6.07) is 0. The maximum absolute atomic E-state index is 3.44. The number of rotatable bonds is 0. The van der Waals surface area contributed by atoms with Gasteiger partial charge in [-0.15, -0.1) is 25.5 Å². The molecule has 0 spiro atoms. The van der Waals surface area contributed by atoms with Crippen LogP contribution in [0, 0.1) is 23.8 Å². The maximum Gasteiger partial charge on any atom is 4.00 e. The van der Waals surface area contributed by atoms with E-state index >= 15 is 0 Å². The van der Waals surface area contributed by atoms with E-state index in [9.17, 15) is 0 Å². The molecule has 1 fully saturated rings. The Bertz CT molecular complexity index is 484. The van der Waals surface area contributed by atoms with Crippen molar-refractivity contribution >= 4 is 0 Å². The van der Waals surface area contributed by atoms with Crippen LogP contribution in [0.25, 0.3) is 0 Å². The van der Waals surface area contributed by atoms with Gasteiger partial charge in [0.05, 0.1) is 0 Å². The Hall–Kier alpha value is 0.470. The van der Waals surface area contributed by atoms with E-state index in [0.29, 0.717) is 0 Å². The normalized spacial score (nSPS) is 23.4. The van der Waals surface area contributed by atoms with E-state index in [2.05, 4.69) is 65.3 Å². The molecule has 0 aromatic rings. The monoisotopic (exact) mass is 548 g/mol. The fraction of sp³-hybridized carbons (Fsp3) is 0.526. The van der Waals surface area contributed by atoms with E-state index < -0.39 is 0 Å². The predicted octanol–water partition coefficient (Wildman–Crippen LogP) is -0.395. The summed E-state index contributed by atoms with van der Waals surface area (Å²) in [5, 5.41) is 0. The van der Waals surface area contributed by atoms with Gasteiger partial charge in [-0.3, -0.25) is 6.08 Å². The number of halogens is 2. The Kier molecular flexibility index (Phi) is 11.6. The Morgan fingerprint density at radius 3 is 2.27 bits per heavy atom. The van der Waals surface area contributed by atoms with Gasteiger partial charge in [-0.05, 0) is 12.3 Å². The van der Waals surface area contributed by atoms with Crippen LogP contribution < -0.4 is 29.4 Å².